The molecule has 0 spiro atoms. The van der Waals surface area contributed by atoms with E-state index in [1.165, 1.54) is 6.07 Å². The molecule has 0 bridgehead atoms. The molecule has 0 fully saturated rings. The van der Waals surface area contributed by atoms with Gasteiger partial charge in [0.2, 0.25) is 0 Å². The highest BCUT2D eigenvalue weighted by atomic mass is 19.1. The molecule has 0 saturated carbocycles. The zero-order valence-electron chi connectivity index (χ0n) is 10.1. The van der Waals surface area contributed by atoms with Crippen molar-refractivity contribution in [3.63, 3.8) is 0 Å². The lowest BCUT2D eigenvalue weighted by atomic mass is 10.1. The molecule has 16 heavy (non-hydrogen) atoms. The van der Waals surface area contributed by atoms with Crippen LogP contribution < -0.4 is 5.32 Å². The molecule has 2 atom stereocenters. The molecule has 90 valence electrons. The number of hydrogen-bond donors (Lipinski definition) is 2. The lowest BCUT2D eigenvalue weighted by molar-refractivity contribution is 0.420. The van der Waals surface area contributed by atoms with Gasteiger partial charge in [-0.05, 0) is 26.3 Å². The second-order valence-electron chi connectivity index (χ2n) is 4.28. The Bertz CT molecular complexity index is 341. The molecule has 0 amide bonds. The van der Waals surface area contributed by atoms with Crippen molar-refractivity contribution in [1.29, 1.82) is 0 Å². The fourth-order valence-electron chi connectivity index (χ4n) is 1.92. The first-order chi connectivity index (χ1) is 7.54. The van der Waals surface area contributed by atoms with Crippen molar-refractivity contribution in [2.24, 2.45) is 0 Å². The number of phenolic OH excluding ortho intramolecular Hbond substituents is 1. The minimum absolute atomic E-state index is 0.0173. The summed E-state index contributed by atoms with van der Waals surface area (Å²) < 4.78 is 12.8. The van der Waals surface area contributed by atoms with Crippen LogP contribution in [0.5, 0.6) is 5.75 Å². The zero-order chi connectivity index (χ0) is 12.1. The Balaban J connectivity index is 2.69. The summed E-state index contributed by atoms with van der Waals surface area (Å²) in [6.07, 6.45) is 2.21. The van der Waals surface area contributed by atoms with Gasteiger partial charge in [0, 0.05) is 23.7 Å². The first-order valence-electron chi connectivity index (χ1n) is 5.79. The Morgan fingerprint density at radius 2 is 2.06 bits per heavy atom. The number of hydrogen-bond acceptors (Lipinski definition) is 2. The Hall–Kier alpha value is -1.09. The van der Waals surface area contributed by atoms with Gasteiger partial charge < -0.3 is 10.4 Å². The molecule has 1 aromatic carbocycles. The molecule has 0 aliphatic heterocycles. The van der Waals surface area contributed by atoms with E-state index in [0.717, 1.165) is 24.5 Å². The van der Waals surface area contributed by atoms with Crippen LogP contribution in [0.2, 0.25) is 0 Å². The molecule has 0 heterocycles. The van der Waals surface area contributed by atoms with Crippen molar-refractivity contribution >= 4 is 0 Å². The fraction of sp³-hybridized carbons (Fsp3) is 0.538. The van der Waals surface area contributed by atoms with E-state index in [9.17, 15) is 9.50 Å². The third kappa shape index (κ3) is 3.49. The lowest BCUT2D eigenvalue weighted by Gasteiger charge is -2.20. The third-order valence-electron chi connectivity index (χ3n) is 2.72. The van der Waals surface area contributed by atoms with Crippen LogP contribution in [0.25, 0.3) is 0 Å². The van der Waals surface area contributed by atoms with Crippen LogP contribution in [0.3, 0.4) is 0 Å². The van der Waals surface area contributed by atoms with E-state index in [1.54, 1.807) is 6.07 Å². The van der Waals surface area contributed by atoms with Crippen LogP contribution in [-0.4, -0.2) is 11.1 Å². The maximum Gasteiger partial charge on any atom is 0.126 e. The number of rotatable bonds is 5. The monoisotopic (exact) mass is 225 g/mol. The molecule has 2 nitrogen and oxygen atoms in total. The van der Waals surface area contributed by atoms with Gasteiger partial charge in [-0.3, -0.25) is 0 Å². The van der Waals surface area contributed by atoms with Gasteiger partial charge in [0.05, 0.1) is 0 Å². The average Bonchev–Trinajstić information content (AvgIpc) is 2.17. The summed E-state index contributed by atoms with van der Waals surface area (Å²) >= 11 is 0. The van der Waals surface area contributed by atoms with Crippen molar-refractivity contribution < 1.29 is 9.50 Å². The van der Waals surface area contributed by atoms with Gasteiger partial charge in [0.1, 0.15) is 11.6 Å². The second kappa shape index (κ2) is 5.85. The Kier molecular flexibility index (Phi) is 4.74. The summed E-state index contributed by atoms with van der Waals surface area (Å²) in [5.74, 6) is -0.390. The van der Waals surface area contributed by atoms with E-state index in [-0.39, 0.29) is 11.8 Å². The predicted octanol–water partition coefficient (Wildman–Crippen LogP) is 3.37. The summed E-state index contributed by atoms with van der Waals surface area (Å²) in [6.45, 7) is 6.22. The van der Waals surface area contributed by atoms with Crippen LogP contribution in [0.4, 0.5) is 4.39 Å². The number of phenols is 1. The molecule has 2 unspecified atom stereocenters. The van der Waals surface area contributed by atoms with Crippen molar-refractivity contribution in [3.8, 4) is 5.75 Å². The van der Waals surface area contributed by atoms with Crippen molar-refractivity contribution in [2.45, 2.75) is 45.7 Å². The maximum atomic E-state index is 12.8. The van der Waals surface area contributed by atoms with Gasteiger partial charge in [0.15, 0.2) is 0 Å². The quantitative estimate of drug-likeness (QED) is 0.805. The molecule has 3 heteroatoms. The first-order valence-corrected chi connectivity index (χ1v) is 5.79. The number of benzene rings is 1. The van der Waals surface area contributed by atoms with E-state index in [1.807, 2.05) is 6.92 Å². The summed E-state index contributed by atoms with van der Waals surface area (Å²) in [5.41, 5.74) is 0.740. The average molecular weight is 225 g/mol. The summed E-state index contributed by atoms with van der Waals surface area (Å²) in [7, 11) is 0. The number of aromatic hydroxyl groups is 1. The Labute approximate surface area is 96.5 Å². The highest BCUT2D eigenvalue weighted by molar-refractivity contribution is 5.34. The highest BCUT2D eigenvalue weighted by Gasteiger charge is 2.12. The van der Waals surface area contributed by atoms with Gasteiger partial charge in [-0.15, -0.1) is 0 Å². The maximum absolute atomic E-state index is 12.8. The van der Waals surface area contributed by atoms with Gasteiger partial charge >= 0.3 is 0 Å². The lowest BCUT2D eigenvalue weighted by Crippen LogP contribution is -2.28. The number of nitrogens with one attached hydrogen (secondary N) is 1. The Morgan fingerprint density at radius 3 is 2.62 bits per heavy atom. The molecule has 0 radical (unpaired) electrons. The minimum atomic E-state index is -0.407. The highest BCUT2D eigenvalue weighted by Crippen LogP contribution is 2.25. The molecule has 0 saturated heterocycles. The summed E-state index contributed by atoms with van der Waals surface area (Å²) in [5, 5.41) is 13.0. The molecule has 2 N–H and O–H groups in total. The van der Waals surface area contributed by atoms with Crippen molar-refractivity contribution in [1.82, 2.24) is 5.32 Å². The summed E-state index contributed by atoms with van der Waals surface area (Å²) in [6, 6.07) is 4.57. The van der Waals surface area contributed by atoms with Crippen molar-refractivity contribution in [3.05, 3.63) is 29.6 Å². The van der Waals surface area contributed by atoms with Gasteiger partial charge in [0.25, 0.3) is 0 Å². The smallest absolute Gasteiger partial charge is 0.126 e. The summed E-state index contributed by atoms with van der Waals surface area (Å²) in [4.78, 5) is 0. The van der Waals surface area contributed by atoms with Crippen LogP contribution in [-0.2, 0) is 0 Å². The van der Waals surface area contributed by atoms with Gasteiger partial charge in [-0.1, -0.05) is 19.4 Å². The molecule has 1 aromatic rings. The SMILES string of the molecule is CCCC(C)NC(C)c1ccc(F)cc1O. The molecular formula is C13H20FNO. The second-order valence-corrected chi connectivity index (χ2v) is 4.28. The van der Waals surface area contributed by atoms with Crippen LogP contribution in [0.15, 0.2) is 18.2 Å². The topological polar surface area (TPSA) is 32.3 Å². The predicted molar refractivity (Wildman–Crippen MR) is 64.0 cm³/mol. The molecule has 0 aromatic heterocycles. The van der Waals surface area contributed by atoms with E-state index in [0.29, 0.717) is 6.04 Å². The number of halogens is 1. The largest absolute Gasteiger partial charge is 0.508 e. The van der Waals surface area contributed by atoms with Gasteiger partial charge in [-0.2, -0.15) is 0 Å². The zero-order valence-corrected chi connectivity index (χ0v) is 10.1. The van der Waals surface area contributed by atoms with E-state index < -0.39 is 5.82 Å². The van der Waals surface area contributed by atoms with Crippen molar-refractivity contribution in [2.75, 3.05) is 0 Å². The molecule has 0 aliphatic carbocycles. The van der Waals surface area contributed by atoms with E-state index in [2.05, 4.69) is 19.2 Å². The molecular weight excluding hydrogens is 205 g/mol. The van der Waals surface area contributed by atoms with Gasteiger partial charge in [-0.25, -0.2) is 4.39 Å². The fourth-order valence-corrected chi connectivity index (χ4v) is 1.92. The third-order valence-corrected chi connectivity index (χ3v) is 2.72. The Morgan fingerprint density at radius 1 is 1.38 bits per heavy atom. The standard InChI is InChI=1S/C13H20FNO/c1-4-5-9(2)15-10(3)12-7-6-11(14)8-13(12)16/h6-10,15-16H,4-5H2,1-3H3. The molecule has 0 aliphatic rings. The van der Waals surface area contributed by atoms with E-state index >= 15 is 0 Å². The first kappa shape index (κ1) is 13.0. The normalized spacial score (nSPS) is 14.8. The van der Waals surface area contributed by atoms with Crippen LogP contribution in [0, 0.1) is 5.82 Å². The molecule has 1 rings (SSSR count). The van der Waals surface area contributed by atoms with E-state index in [4.69, 9.17) is 0 Å². The van der Waals surface area contributed by atoms with Crippen LogP contribution in [0.1, 0.15) is 45.2 Å². The minimum Gasteiger partial charge on any atom is -0.508 e. The van der Waals surface area contributed by atoms with Crippen LogP contribution >= 0.6 is 0 Å².